The lowest BCUT2D eigenvalue weighted by Gasteiger charge is -2.05. The van der Waals surface area contributed by atoms with E-state index in [-0.39, 0.29) is 0 Å². The summed E-state index contributed by atoms with van der Waals surface area (Å²) in [6.45, 7) is 2.57. The summed E-state index contributed by atoms with van der Waals surface area (Å²) in [7, 11) is 0. The molecule has 0 aliphatic heterocycles. The summed E-state index contributed by atoms with van der Waals surface area (Å²) in [5.74, 6) is 0. The van der Waals surface area contributed by atoms with E-state index in [1.165, 1.54) is 27.6 Å². The van der Waals surface area contributed by atoms with Crippen LogP contribution < -0.4 is 5.32 Å². The Bertz CT molecular complexity index is 988. The van der Waals surface area contributed by atoms with Gasteiger partial charge in [0.15, 0.2) is 0 Å². The average Bonchev–Trinajstić information content (AvgIpc) is 3.02. The van der Waals surface area contributed by atoms with Gasteiger partial charge in [-0.2, -0.15) is 0 Å². The van der Waals surface area contributed by atoms with Gasteiger partial charge in [0, 0.05) is 41.8 Å². The zero-order valence-electron chi connectivity index (χ0n) is 14.5. The van der Waals surface area contributed by atoms with Crippen LogP contribution in [0, 0.1) is 0 Å². The minimum Gasteiger partial charge on any atom is -0.343 e. The van der Waals surface area contributed by atoms with Crippen molar-refractivity contribution in [1.29, 1.82) is 0 Å². The lowest BCUT2D eigenvalue weighted by Crippen LogP contribution is -2.12. The van der Waals surface area contributed by atoms with Crippen LogP contribution in [0.2, 0.25) is 5.02 Å². The van der Waals surface area contributed by atoms with E-state index < -0.39 is 0 Å². The summed E-state index contributed by atoms with van der Waals surface area (Å²) in [4.78, 5) is 0. The Morgan fingerprint density at radius 3 is 2.27 bits per heavy atom. The molecular formula is C23H21ClN2. The summed E-state index contributed by atoms with van der Waals surface area (Å²) in [5.41, 5.74) is 5.14. The Morgan fingerprint density at radius 1 is 0.731 bits per heavy atom. The van der Waals surface area contributed by atoms with Crippen LogP contribution in [0.1, 0.15) is 16.7 Å². The summed E-state index contributed by atoms with van der Waals surface area (Å²) in [6.07, 6.45) is 2.26. The van der Waals surface area contributed by atoms with E-state index in [0.29, 0.717) is 0 Å². The third kappa shape index (κ3) is 3.82. The Hall–Kier alpha value is -2.55. The standard InChI is InChI=1S/C23H21ClN2/c24-21-12-10-19(11-13-21)16-26-17-20(22-8-4-5-9-23(22)26)15-25-14-18-6-2-1-3-7-18/h1-13,17,25H,14-16H2. The number of hydrogen-bond acceptors (Lipinski definition) is 1. The van der Waals surface area contributed by atoms with Gasteiger partial charge in [0.05, 0.1) is 0 Å². The molecular weight excluding hydrogens is 340 g/mol. The fourth-order valence-electron chi connectivity index (χ4n) is 3.32. The van der Waals surface area contributed by atoms with Gasteiger partial charge in [-0.15, -0.1) is 0 Å². The van der Waals surface area contributed by atoms with E-state index in [9.17, 15) is 0 Å². The number of hydrogen-bond donors (Lipinski definition) is 1. The molecule has 0 aliphatic rings. The van der Waals surface area contributed by atoms with E-state index in [1.807, 2.05) is 18.2 Å². The van der Waals surface area contributed by atoms with Crippen LogP contribution in [0.15, 0.2) is 85.1 Å². The number of rotatable bonds is 6. The van der Waals surface area contributed by atoms with Crippen molar-refractivity contribution in [3.63, 3.8) is 0 Å². The molecule has 2 nitrogen and oxygen atoms in total. The molecule has 4 aromatic rings. The zero-order valence-corrected chi connectivity index (χ0v) is 15.3. The molecule has 3 heteroatoms. The van der Waals surface area contributed by atoms with Gasteiger partial charge >= 0.3 is 0 Å². The van der Waals surface area contributed by atoms with Gasteiger partial charge in [-0.05, 0) is 34.9 Å². The first-order chi connectivity index (χ1) is 12.8. The van der Waals surface area contributed by atoms with Crippen molar-refractivity contribution >= 4 is 22.5 Å². The molecule has 130 valence electrons. The molecule has 0 saturated heterocycles. The van der Waals surface area contributed by atoms with Crippen LogP contribution in [-0.2, 0) is 19.6 Å². The van der Waals surface area contributed by atoms with Crippen LogP contribution in [0.5, 0.6) is 0 Å². The third-order valence-electron chi connectivity index (χ3n) is 4.62. The van der Waals surface area contributed by atoms with Gasteiger partial charge < -0.3 is 9.88 Å². The van der Waals surface area contributed by atoms with E-state index >= 15 is 0 Å². The Kier molecular flexibility index (Phi) is 5.05. The minimum atomic E-state index is 0.775. The molecule has 0 aliphatic carbocycles. The molecule has 3 aromatic carbocycles. The molecule has 1 aromatic heterocycles. The second-order valence-corrected chi connectivity index (χ2v) is 6.95. The molecule has 0 unspecified atom stereocenters. The second-order valence-electron chi connectivity index (χ2n) is 6.52. The van der Waals surface area contributed by atoms with Crippen molar-refractivity contribution in [3.8, 4) is 0 Å². The predicted octanol–water partition coefficient (Wildman–Crippen LogP) is 5.63. The van der Waals surface area contributed by atoms with Gasteiger partial charge in [0.2, 0.25) is 0 Å². The normalized spacial score (nSPS) is 11.1. The number of halogens is 1. The number of benzene rings is 3. The Balaban J connectivity index is 1.54. The van der Waals surface area contributed by atoms with Crippen LogP contribution in [0.3, 0.4) is 0 Å². The molecule has 0 fully saturated rings. The third-order valence-corrected chi connectivity index (χ3v) is 4.88. The Morgan fingerprint density at radius 2 is 1.46 bits per heavy atom. The van der Waals surface area contributed by atoms with Crippen LogP contribution in [-0.4, -0.2) is 4.57 Å². The minimum absolute atomic E-state index is 0.775. The fraction of sp³-hybridized carbons (Fsp3) is 0.130. The van der Waals surface area contributed by atoms with Crippen molar-refractivity contribution in [2.24, 2.45) is 0 Å². The molecule has 4 rings (SSSR count). The van der Waals surface area contributed by atoms with Crippen LogP contribution in [0.25, 0.3) is 10.9 Å². The van der Waals surface area contributed by atoms with E-state index in [0.717, 1.165) is 24.7 Å². The van der Waals surface area contributed by atoms with Crippen molar-refractivity contribution in [1.82, 2.24) is 9.88 Å². The maximum absolute atomic E-state index is 6.01. The predicted molar refractivity (Wildman–Crippen MR) is 109 cm³/mol. The molecule has 1 N–H and O–H groups in total. The molecule has 0 atom stereocenters. The van der Waals surface area contributed by atoms with E-state index in [2.05, 4.69) is 76.7 Å². The van der Waals surface area contributed by atoms with Gasteiger partial charge in [-0.3, -0.25) is 0 Å². The van der Waals surface area contributed by atoms with Gasteiger partial charge in [-0.25, -0.2) is 0 Å². The first-order valence-corrected chi connectivity index (χ1v) is 9.23. The van der Waals surface area contributed by atoms with Crippen molar-refractivity contribution in [2.75, 3.05) is 0 Å². The lowest BCUT2D eigenvalue weighted by atomic mass is 10.1. The maximum atomic E-state index is 6.01. The van der Waals surface area contributed by atoms with Crippen molar-refractivity contribution < 1.29 is 0 Å². The molecule has 26 heavy (non-hydrogen) atoms. The topological polar surface area (TPSA) is 17.0 Å². The summed E-state index contributed by atoms with van der Waals surface area (Å²) in [5, 5.41) is 5.65. The quantitative estimate of drug-likeness (QED) is 0.471. The van der Waals surface area contributed by atoms with Gasteiger partial charge in [-0.1, -0.05) is 72.3 Å². The lowest BCUT2D eigenvalue weighted by molar-refractivity contribution is 0.692. The van der Waals surface area contributed by atoms with Gasteiger partial charge in [0.25, 0.3) is 0 Å². The summed E-state index contributed by atoms with van der Waals surface area (Å²) >= 11 is 6.01. The first kappa shape index (κ1) is 16.9. The molecule has 0 spiro atoms. The molecule has 1 heterocycles. The monoisotopic (exact) mass is 360 g/mol. The van der Waals surface area contributed by atoms with Gasteiger partial charge in [0.1, 0.15) is 0 Å². The zero-order chi connectivity index (χ0) is 17.8. The SMILES string of the molecule is Clc1ccc(Cn2cc(CNCc3ccccc3)c3ccccc32)cc1. The van der Waals surface area contributed by atoms with E-state index in [4.69, 9.17) is 11.6 Å². The Labute approximate surface area is 159 Å². The number of para-hydroxylation sites is 1. The highest BCUT2D eigenvalue weighted by Crippen LogP contribution is 2.23. The molecule has 0 amide bonds. The summed E-state index contributed by atoms with van der Waals surface area (Å²) in [6, 6.07) is 27.2. The number of nitrogens with zero attached hydrogens (tertiary/aromatic N) is 1. The van der Waals surface area contributed by atoms with Crippen LogP contribution >= 0.6 is 11.6 Å². The fourth-order valence-corrected chi connectivity index (χ4v) is 3.44. The second kappa shape index (κ2) is 7.77. The number of nitrogens with one attached hydrogen (secondary N) is 1. The highest BCUT2D eigenvalue weighted by atomic mass is 35.5. The largest absolute Gasteiger partial charge is 0.343 e. The average molecular weight is 361 g/mol. The first-order valence-electron chi connectivity index (χ1n) is 8.85. The smallest absolute Gasteiger partial charge is 0.0486 e. The maximum Gasteiger partial charge on any atom is 0.0486 e. The molecule has 0 saturated carbocycles. The summed E-state index contributed by atoms with van der Waals surface area (Å²) < 4.78 is 2.32. The molecule has 0 bridgehead atoms. The van der Waals surface area contributed by atoms with Crippen molar-refractivity contribution in [2.45, 2.75) is 19.6 Å². The highest BCUT2D eigenvalue weighted by Gasteiger charge is 2.08. The van der Waals surface area contributed by atoms with Crippen LogP contribution in [0.4, 0.5) is 0 Å². The molecule has 0 radical (unpaired) electrons. The van der Waals surface area contributed by atoms with E-state index in [1.54, 1.807) is 0 Å². The van der Waals surface area contributed by atoms with Crippen molar-refractivity contribution in [3.05, 3.63) is 107 Å². The highest BCUT2D eigenvalue weighted by molar-refractivity contribution is 6.30. The number of aromatic nitrogens is 1. The number of fused-ring (bicyclic) bond motifs is 1.